The van der Waals surface area contributed by atoms with E-state index in [1.807, 2.05) is 31.4 Å². The Morgan fingerprint density at radius 3 is 1.17 bits per heavy atom. The van der Waals surface area contributed by atoms with Gasteiger partial charge in [-0.15, -0.1) is 11.8 Å². The number of hydrogen-bond acceptors (Lipinski definition) is 17. The van der Waals surface area contributed by atoms with Gasteiger partial charge in [0.1, 0.15) is 123 Å². The number of esters is 4. The van der Waals surface area contributed by atoms with E-state index in [9.17, 15) is 82.7 Å². The van der Waals surface area contributed by atoms with Crippen molar-refractivity contribution in [2.24, 2.45) is 0 Å². The number of halogens is 11. The fourth-order valence-electron chi connectivity index (χ4n) is 11.3. The van der Waals surface area contributed by atoms with Crippen LogP contribution in [0.25, 0.3) is 22.0 Å². The van der Waals surface area contributed by atoms with Gasteiger partial charge in [0.05, 0.1) is 27.3 Å². The summed E-state index contributed by atoms with van der Waals surface area (Å²) < 4.78 is 152. The maximum atomic E-state index is 14.4. The van der Waals surface area contributed by atoms with E-state index in [0.29, 0.717) is 76.6 Å². The molecule has 636 valence electrons. The first kappa shape index (κ1) is 94.1. The van der Waals surface area contributed by atoms with Crippen LogP contribution in [0, 0.1) is 52.4 Å². The number of benzene rings is 9. The Hall–Kier alpha value is -12.4. The molecule has 0 bridgehead atoms. The van der Waals surface area contributed by atoms with Crippen LogP contribution in [0.3, 0.4) is 0 Å². The van der Waals surface area contributed by atoms with Crippen molar-refractivity contribution >= 4 is 133 Å². The Kier molecular flexibility index (Phi) is 31.2. The van der Waals surface area contributed by atoms with Crippen molar-refractivity contribution in [1.29, 1.82) is 0 Å². The Bertz CT molecular complexity index is 5620. The lowest BCUT2D eigenvalue weighted by molar-refractivity contribution is -0.154. The molecule has 0 saturated carbocycles. The number of ketones is 1. The van der Waals surface area contributed by atoms with Crippen LogP contribution < -0.4 is 19.6 Å². The summed E-state index contributed by atoms with van der Waals surface area (Å²) in [7, 11) is 0. The van der Waals surface area contributed by atoms with Crippen LogP contribution in [0.15, 0.2) is 185 Å². The zero-order valence-corrected chi connectivity index (χ0v) is 70.1. The molecule has 4 amide bonds. The highest BCUT2D eigenvalue weighted by Gasteiger charge is 2.35. The minimum atomic E-state index is -1.42. The molecule has 0 aliphatic rings. The van der Waals surface area contributed by atoms with Crippen molar-refractivity contribution in [1.82, 2.24) is 15.2 Å². The average molecular weight is 1740 g/mol. The van der Waals surface area contributed by atoms with Crippen molar-refractivity contribution in [2.75, 3.05) is 52.0 Å². The first-order chi connectivity index (χ1) is 56.6. The molecule has 11 aromatic rings. The largest absolute Gasteiger partial charge is 0.459 e. The van der Waals surface area contributed by atoms with Crippen LogP contribution in [0.2, 0.25) is 10.0 Å². The first-order valence-corrected chi connectivity index (χ1v) is 38.8. The normalized spacial score (nSPS) is 11.3. The number of aryl methyl sites for hydroxylation is 1. The van der Waals surface area contributed by atoms with Crippen LogP contribution in [0.4, 0.5) is 62.3 Å². The van der Waals surface area contributed by atoms with Crippen LogP contribution >= 0.6 is 35.0 Å². The van der Waals surface area contributed by atoms with Crippen LogP contribution in [0.1, 0.15) is 153 Å². The number of nitrogens with one attached hydrogen (secondary N) is 1. The Morgan fingerprint density at radius 1 is 0.413 bits per heavy atom. The first-order valence-electron chi connectivity index (χ1n) is 36.8. The van der Waals surface area contributed by atoms with Crippen LogP contribution in [0.5, 0.6) is 0 Å². The molecular formula is C88H82Cl2F9N7O14S. The number of aromatic amines is 1. The van der Waals surface area contributed by atoms with Gasteiger partial charge in [0.2, 0.25) is 0 Å². The number of carbonyl (C=O) groups is 9. The van der Waals surface area contributed by atoms with E-state index in [0.717, 1.165) is 25.0 Å². The monoisotopic (exact) mass is 1730 g/mol. The van der Waals surface area contributed by atoms with E-state index in [1.165, 1.54) is 65.2 Å². The summed E-state index contributed by atoms with van der Waals surface area (Å²) in [6.45, 7) is 19.7. The van der Waals surface area contributed by atoms with Gasteiger partial charge in [-0.3, -0.25) is 67.8 Å². The number of oxazole rings is 1. The van der Waals surface area contributed by atoms with Crippen molar-refractivity contribution < 1.29 is 106 Å². The molecule has 0 radical (unpaired) electrons. The van der Waals surface area contributed by atoms with E-state index in [-0.39, 0.29) is 50.6 Å². The van der Waals surface area contributed by atoms with Gasteiger partial charge in [-0.2, -0.15) is 5.10 Å². The third-order valence-electron chi connectivity index (χ3n) is 16.2. The second-order valence-corrected chi connectivity index (χ2v) is 32.1. The third-order valence-corrected chi connectivity index (χ3v) is 17.6. The number of nitrogens with zero attached hydrogens (tertiary/aromatic N) is 6. The minimum Gasteiger partial charge on any atom is -0.459 e. The summed E-state index contributed by atoms with van der Waals surface area (Å²) in [5.74, 6) is -18.7. The molecule has 11 rings (SSSR count). The number of H-pyrrole nitrogens is 1. The molecule has 0 spiro atoms. The standard InChI is InChI=1S/C26H22F3NO4.C22H21F3N2O4.C20H21Cl2NO3S.C20H18F3N3O3/c1-26(2,3)34-22(31)15-30(25(33)23-20(28)13-18(27)14-21(23)29)19-11-7-10-17(12-19)24(32)16-8-5-4-6-9-16;1-5-18-26-16-7-6-13(10-17(16)30-18)27(11-19(28)31-22(2,3)4)21(29)20-14(24)8-12(23)9-15(20)25;1-20(2,3)26-17(24)12-23(13-7-5-8-14(11-13)27-4)19(25)18-15(21)9-6-10-16(18)22;1-20(2,3)29-17(27)10-26(13-5-4-11-9-24-25-16(11)8-13)19(28)18-14(22)6-12(21)7-15(18)23/h4-14H,15H2,1-3H3;6-10H,5,11H2,1-4H3;5-11H,12H2,1-4H3;4-9H,10H2,1-3H3,(H,24,25). The number of amides is 4. The molecule has 0 fully saturated rings. The third kappa shape index (κ3) is 26.3. The molecule has 2 aromatic heterocycles. The molecule has 0 aliphatic heterocycles. The number of rotatable bonds is 20. The van der Waals surface area contributed by atoms with E-state index >= 15 is 0 Å². The number of aromatic nitrogens is 3. The van der Waals surface area contributed by atoms with Gasteiger partial charge < -0.3 is 23.4 Å². The van der Waals surface area contributed by atoms with Gasteiger partial charge in [-0.1, -0.05) is 84.7 Å². The highest BCUT2D eigenvalue weighted by Crippen LogP contribution is 2.34. The fraction of sp³-hybridized carbons (Fsp3) is 0.261. The van der Waals surface area contributed by atoms with Crippen LogP contribution in [-0.2, 0) is 44.5 Å². The molecule has 121 heavy (non-hydrogen) atoms. The summed E-state index contributed by atoms with van der Waals surface area (Å²) in [6, 6.07) is 37.7. The molecule has 0 aliphatic carbocycles. The van der Waals surface area contributed by atoms with E-state index in [1.54, 1.807) is 156 Å². The maximum Gasteiger partial charge on any atom is 0.326 e. The molecule has 0 saturated heterocycles. The zero-order chi connectivity index (χ0) is 89.5. The average Bonchev–Trinajstić information content (AvgIpc) is 1.44. The quantitative estimate of drug-likeness (QED) is 0.0244. The van der Waals surface area contributed by atoms with Gasteiger partial charge in [0.25, 0.3) is 23.6 Å². The zero-order valence-electron chi connectivity index (χ0n) is 67.7. The second-order valence-electron chi connectivity index (χ2n) is 30.4. The van der Waals surface area contributed by atoms with Gasteiger partial charge >= 0.3 is 23.9 Å². The molecule has 21 nitrogen and oxygen atoms in total. The smallest absolute Gasteiger partial charge is 0.326 e. The van der Waals surface area contributed by atoms with Gasteiger partial charge in [-0.05, 0) is 162 Å². The summed E-state index contributed by atoms with van der Waals surface area (Å²) in [5, 5.41) is 7.77. The Morgan fingerprint density at radius 2 is 0.769 bits per heavy atom. The summed E-state index contributed by atoms with van der Waals surface area (Å²) in [5.41, 5.74) is -3.19. The maximum absolute atomic E-state index is 14.4. The van der Waals surface area contributed by atoms with Gasteiger partial charge in [0, 0.05) is 93.0 Å². The number of hydrogen-bond donors (Lipinski definition) is 1. The predicted octanol–water partition coefficient (Wildman–Crippen LogP) is 19.8. The lowest BCUT2D eigenvalue weighted by Crippen LogP contribution is -2.39. The number of fused-ring (bicyclic) bond motifs is 2. The summed E-state index contributed by atoms with van der Waals surface area (Å²) >= 11 is 13.9. The highest BCUT2D eigenvalue weighted by atomic mass is 35.5. The number of carbonyl (C=O) groups excluding carboxylic acids is 9. The Labute approximate surface area is 704 Å². The van der Waals surface area contributed by atoms with Gasteiger partial charge in [0.15, 0.2) is 17.3 Å². The van der Waals surface area contributed by atoms with E-state index in [4.69, 9.17) is 46.6 Å². The van der Waals surface area contributed by atoms with E-state index in [2.05, 4.69) is 15.2 Å². The van der Waals surface area contributed by atoms with E-state index < -0.39 is 159 Å². The summed E-state index contributed by atoms with van der Waals surface area (Å²) in [6.07, 6.45) is 4.03. The highest BCUT2D eigenvalue weighted by molar-refractivity contribution is 7.98. The lowest BCUT2D eigenvalue weighted by atomic mass is 10.0. The van der Waals surface area contributed by atoms with Crippen LogP contribution in [-0.4, -0.2) is 123 Å². The van der Waals surface area contributed by atoms with Crippen molar-refractivity contribution in [3.8, 4) is 0 Å². The topological polar surface area (TPSA) is 258 Å². The Balaban J connectivity index is 0.000000201. The molecular weight excluding hydrogens is 1650 g/mol. The van der Waals surface area contributed by atoms with Crippen molar-refractivity contribution in [3.05, 3.63) is 278 Å². The van der Waals surface area contributed by atoms with Crippen molar-refractivity contribution in [2.45, 2.75) is 124 Å². The molecule has 0 atom stereocenters. The second kappa shape index (κ2) is 40.1. The number of anilines is 4. The molecule has 2 heterocycles. The SMILES string of the molecule is CC(C)(C)OC(=O)CN(C(=O)c1c(F)cc(F)cc1F)c1ccc2cn[nH]c2c1.CC(C)(C)OC(=O)CN(C(=O)c1c(F)cc(F)cc1F)c1cccc(C(=O)c2ccccc2)c1.CCc1nc2ccc(N(CC(=O)OC(C)(C)C)C(=O)c3c(F)cc(F)cc3F)cc2o1.CSc1cccc(N(CC(=O)OC(C)(C)C)C(=O)c2c(Cl)cccc2Cl)c1. The molecule has 0 unspecified atom stereocenters. The fourth-order valence-corrected chi connectivity index (χ4v) is 12.3. The molecule has 9 aromatic carbocycles. The number of ether oxygens (including phenoxy) is 4. The van der Waals surface area contributed by atoms with Gasteiger partial charge in [-0.25, -0.2) is 44.5 Å². The molecule has 33 heteroatoms. The molecule has 1 N–H and O–H groups in total. The number of thioether (sulfide) groups is 1. The van der Waals surface area contributed by atoms with Crippen molar-refractivity contribution in [3.63, 3.8) is 0 Å². The minimum absolute atomic E-state index is 0.0285. The summed E-state index contributed by atoms with van der Waals surface area (Å²) in [4.78, 5) is 124. The predicted molar refractivity (Wildman–Crippen MR) is 440 cm³/mol. The lowest BCUT2D eigenvalue weighted by Gasteiger charge is -2.26.